The molecule has 0 N–H and O–H groups in total. The van der Waals surface area contributed by atoms with Crippen molar-refractivity contribution in [2.24, 2.45) is 0 Å². The van der Waals surface area contributed by atoms with Gasteiger partial charge in [0.15, 0.2) is 0 Å². The van der Waals surface area contributed by atoms with Crippen LogP contribution in [0, 0.1) is 17.0 Å². The number of aryl methyl sites for hydroxylation is 1. The van der Waals surface area contributed by atoms with Crippen LogP contribution < -0.4 is 4.74 Å². The Morgan fingerprint density at radius 2 is 2.12 bits per heavy atom. The van der Waals surface area contributed by atoms with Gasteiger partial charge < -0.3 is 4.74 Å². The van der Waals surface area contributed by atoms with Crippen molar-refractivity contribution in [3.8, 4) is 5.75 Å². The third-order valence-electron chi connectivity index (χ3n) is 1.97. The van der Waals surface area contributed by atoms with Crippen LogP contribution in [-0.4, -0.2) is 25.7 Å². The molecular formula is C9H10ClNO5S. The number of ether oxygens (including phenoxy) is 1. The topological polar surface area (TPSA) is 86.5 Å². The number of halogens is 1. The largest absolute Gasteiger partial charge is 0.492 e. The lowest BCUT2D eigenvalue weighted by atomic mass is 10.2. The van der Waals surface area contributed by atoms with Gasteiger partial charge in [-0.3, -0.25) is 10.1 Å². The van der Waals surface area contributed by atoms with Crippen molar-refractivity contribution in [2.75, 3.05) is 12.4 Å². The maximum atomic E-state index is 10.7. The Hall–Kier alpha value is -1.34. The number of nitrogens with zero attached hydrogens (tertiary/aromatic N) is 1. The van der Waals surface area contributed by atoms with Gasteiger partial charge in [-0.2, -0.15) is 0 Å². The van der Waals surface area contributed by atoms with Gasteiger partial charge in [0.2, 0.25) is 9.05 Å². The Morgan fingerprint density at radius 3 is 2.65 bits per heavy atom. The van der Waals surface area contributed by atoms with Crippen LogP contribution in [0.25, 0.3) is 0 Å². The van der Waals surface area contributed by atoms with E-state index in [-0.39, 0.29) is 23.8 Å². The van der Waals surface area contributed by atoms with Crippen LogP contribution in [0.1, 0.15) is 5.56 Å². The molecule has 8 heteroatoms. The van der Waals surface area contributed by atoms with Crippen molar-refractivity contribution in [1.82, 2.24) is 0 Å². The summed E-state index contributed by atoms with van der Waals surface area (Å²) in [5, 5.41) is 10.5. The number of benzene rings is 1. The fraction of sp³-hybridized carbons (Fsp3) is 0.333. The maximum absolute atomic E-state index is 10.7. The monoisotopic (exact) mass is 279 g/mol. The zero-order valence-electron chi connectivity index (χ0n) is 8.92. The molecule has 1 rings (SSSR count). The first-order chi connectivity index (χ1) is 7.79. The van der Waals surface area contributed by atoms with Crippen LogP contribution in [0.5, 0.6) is 5.75 Å². The predicted molar refractivity (Wildman–Crippen MR) is 63.0 cm³/mol. The molecule has 0 heterocycles. The molecule has 0 radical (unpaired) electrons. The molecule has 0 aliphatic rings. The van der Waals surface area contributed by atoms with Crippen molar-refractivity contribution >= 4 is 25.4 Å². The van der Waals surface area contributed by atoms with Crippen LogP contribution in [0.4, 0.5) is 5.69 Å². The summed E-state index contributed by atoms with van der Waals surface area (Å²) in [4.78, 5) is 9.98. The molecule has 0 aliphatic carbocycles. The fourth-order valence-corrected chi connectivity index (χ4v) is 1.58. The number of nitro benzene ring substituents is 1. The van der Waals surface area contributed by atoms with E-state index in [4.69, 9.17) is 15.4 Å². The van der Waals surface area contributed by atoms with E-state index < -0.39 is 14.0 Å². The van der Waals surface area contributed by atoms with Gasteiger partial charge >= 0.3 is 0 Å². The van der Waals surface area contributed by atoms with Crippen LogP contribution in [0.2, 0.25) is 0 Å². The fourth-order valence-electron chi connectivity index (χ4n) is 1.11. The van der Waals surface area contributed by atoms with Crippen molar-refractivity contribution in [1.29, 1.82) is 0 Å². The summed E-state index contributed by atoms with van der Waals surface area (Å²) in [5.74, 6) is -0.0732. The molecule has 0 spiro atoms. The summed E-state index contributed by atoms with van der Waals surface area (Å²) < 4.78 is 26.5. The van der Waals surface area contributed by atoms with Gasteiger partial charge in [0.25, 0.3) is 5.69 Å². The molecule has 94 valence electrons. The van der Waals surface area contributed by atoms with Crippen molar-refractivity contribution in [3.05, 3.63) is 33.9 Å². The molecule has 0 saturated carbocycles. The van der Waals surface area contributed by atoms with Crippen LogP contribution >= 0.6 is 10.7 Å². The third kappa shape index (κ3) is 4.58. The molecule has 0 amide bonds. The van der Waals surface area contributed by atoms with E-state index >= 15 is 0 Å². The minimum Gasteiger partial charge on any atom is -0.492 e. The Kier molecular flexibility index (Phi) is 4.30. The Morgan fingerprint density at radius 1 is 1.47 bits per heavy atom. The van der Waals surface area contributed by atoms with E-state index in [1.54, 1.807) is 6.92 Å². The summed E-state index contributed by atoms with van der Waals surface area (Å²) in [6.07, 6.45) is 0. The van der Waals surface area contributed by atoms with Crippen LogP contribution in [0.15, 0.2) is 18.2 Å². The van der Waals surface area contributed by atoms with Gasteiger partial charge in [-0.25, -0.2) is 8.42 Å². The van der Waals surface area contributed by atoms with E-state index in [0.717, 1.165) is 0 Å². The van der Waals surface area contributed by atoms with Crippen molar-refractivity contribution in [3.63, 3.8) is 0 Å². The van der Waals surface area contributed by atoms with E-state index in [9.17, 15) is 18.5 Å². The molecule has 0 aromatic heterocycles. The summed E-state index contributed by atoms with van der Waals surface area (Å²) in [7, 11) is 1.38. The van der Waals surface area contributed by atoms with E-state index in [0.29, 0.717) is 5.56 Å². The number of nitro groups is 1. The van der Waals surface area contributed by atoms with Gasteiger partial charge in [0, 0.05) is 16.7 Å². The molecule has 6 nitrogen and oxygen atoms in total. The predicted octanol–water partition coefficient (Wildman–Crippen LogP) is 1.85. The highest BCUT2D eigenvalue weighted by atomic mass is 35.7. The quantitative estimate of drug-likeness (QED) is 0.466. The van der Waals surface area contributed by atoms with Gasteiger partial charge in [0.05, 0.1) is 16.7 Å². The van der Waals surface area contributed by atoms with Gasteiger partial charge in [0.1, 0.15) is 12.4 Å². The maximum Gasteiger partial charge on any atom is 0.273 e. The normalized spacial score (nSPS) is 11.2. The first-order valence-electron chi connectivity index (χ1n) is 4.60. The van der Waals surface area contributed by atoms with Crippen LogP contribution in [-0.2, 0) is 9.05 Å². The van der Waals surface area contributed by atoms with E-state index in [1.165, 1.54) is 18.2 Å². The molecule has 0 saturated heterocycles. The standard InChI is InChI=1S/C9H10ClNO5S/c1-7-2-3-8(11(12)13)6-9(7)16-4-5-17(10,14)15/h2-3,6H,4-5H2,1H3. The van der Waals surface area contributed by atoms with Gasteiger partial charge in [-0.1, -0.05) is 0 Å². The molecular weight excluding hydrogens is 270 g/mol. The van der Waals surface area contributed by atoms with Crippen molar-refractivity contribution < 1.29 is 18.1 Å². The average Bonchev–Trinajstić information content (AvgIpc) is 2.18. The zero-order chi connectivity index (χ0) is 13.1. The zero-order valence-corrected chi connectivity index (χ0v) is 10.5. The molecule has 0 atom stereocenters. The number of rotatable bonds is 5. The molecule has 0 fully saturated rings. The molecule has 0 unspecified atom stereocenters. The molecule has 17 heavy (non-hydrogen) atoms. The average molecular weight is 280 g/mol. The Bertz CT molecular complexity index is 528. The number of hydrogen-bond donors (Lipinski definition) is 0. The molecule has 0 bridgehead atoms. The molecule has 0 aliphatic heterocycles. The molecule has 1 aromatic carbocycles. The number of hydrogen-bond acceptors (Lipinski definition) is 5. The second-order valence-electron chi connectivity index (χ2n) is 3.30. The Balaban J connectivity index is 2.76. The lowest BCUT2D eigenvalue weighted by molar-refractivity contribution is -0.384. The second-order valence-corrected chi connectivity index (χ2v) is 6.19. The van der Waals surface area contributed by atoms with E-state index in [2.05, 4.69) is 0 Å². The highest BCUT2D eigenvalue weighted by Crippen LogP contribution is 2.23. The minimum atomic E-state index is -3.62. The lowest BCUT2D eigenvalue weighted by Crippen LogP contribution is -2.09. The second kappa shape index (κ2) is 5.33. The SMILES string of the molecule is Cc1ccc([N+](=O)[O-])cc1OCCS(=O)(=O)Cl. The first-order valence-corrected chi connectivity index (χ1v) is 7.07. The molecule has 1 aromatic rings. The highest BCUT2D eigenvalue weighted by molar-refractivity contribution is 8.13. The summed E-state index contributed by atoms with van der Waals surface area (Å²) >= 11 is 0. The first kappa shape index (κ1) is 13.7. The summed E-state index contributed by atoms with van der Waals surface area (Å²) in [6.45, 7) is 1.56. The van der Waals surface area contributed by atoms with Crippen LogP contribution in [0.3, 0.4) is 0 Å². The third-order valence-corrected chi connectivity index (χ3v) is 3.08. The summed E-state index contributed by atoms with van der Waals surface area (Å²) in [6, 6.07) is 4.12. The highest BCUT2D eigenvalue weighted by Gasteiger charge is 2.11. The van der Waals surface area contributed by atoms with Crippen molar-refractivity contribution in [2.45, 2.75) is 6.92 Å². The van der Waals surface area contributed by atoms with E-state index in [1.807, 2.05) is 0 Å². The smallest absolute Gasteiger partial charge is 0.273 e. The van der Waals surface area contributed by atoms with Gasteiger partial charge in [-0.15, -0.1) is 0 Å². The van der Waals surface area contributed by atoms with Gasteiger partial charge in [-0.05, 0) is 18.6 Å². The number of non-ortho nitro benzene ring substituents is 1. The minimum absolute atomic E-state index is 0.112. The Labute approximate surface area is 103 Å². The lowest BCUT2D eigenvalue weighted by Gasteiger charge is -2.07. The summed E-state index contributed by atoms with van der Waals surface area (Å²) in [5.41, 5.74) is 0.571.